The van der Waals surface area contributed by atoms with E-state index in [2.05, 4.69) is 41.5 Å². The number of hydrogen-bond donors (Lipinski definition) is 0. The van der Waals surface area contributed by atoms with Crippen LogP contribution in [-0.4, -0.2) is 25.4 Å². The quantitative estimate of drug-likeness (QED) is 0.668. The van der Waals surface area contributed by atoms with E-state index in [1.807, 2.05) is 0 Å². The molecule has 0 aromatic carbocycles. The van der Waals surface area contributed by atoms with Gasteiger partial charge in [0.05, 0.1) is 0 Å². The maximum absolute atomic E-state index is 5.71. The van der Waals surface area contributed by atoms with Crippen molar-refractivity contribution >= 4 is 0 Å². The van der Waals surface area contributed by atoms with Crippen molar-refractivity contribution in [3.63, 3.8) is 0 Å². The highest BCUT2D eigenvalue weighted by Crippen LogP contribution is 2.45. The molecule has 0 saturated heterocycles. The van der Waals surface area contributed by atoms with Crippen molar-refractivity contribution in [3.05, 3.63) is 22.3 Å². The first kappa shape index (κ1) is 13.5. The standard InChI is InChI=1S/C14H24O2/c1-9-10(2)14(6,16-8)12(4)11(3)13(9,5)15-7/h1-8H3. The summed E-state index contributed by atoms with van der Waals surface area (Å²) in [7, 11) is 3.53. The van der Waals surface area contributed by atoms with Crippen LogP contribution in [0.25, 0.3) is 0 Å². The molecule has 16 heavy (non-hydrogen) atoms. The van der Waals surface area contributed by atoms with Crippen LogP contribution in [0.5, 0.6) is 0 Å². The van der Waals surface area contributed by atoms with E-state index in [9.17, 15) is 0 Å². The van der Waals surface area contributed by atoms with Crippen LogP contribution in [0.4, 0.5) is 0 Å². The molecule has 2 heteroatoms. The third kappa shape index (κ3) is 1.47. The van der Waals surface area contributed by atoms with Gasteiger partial charge in [-0.25, -0.2) is 0 Å². The van der Waals surface area contributed by atoms with Gasteiger partial charge in [-0.3, -0.25) is 0 Å². The van der Waals surface area contributed by atoms with Crippen molar-refractivity contribution in [2.45, 2.75) is 52.7 Å². The zero-order chi connectivity index (χ0) is 12.7. The molecule has 0 amide bonds. The second-order valence-electron chi connectivity index (χ2n) is 4.97. The van der Waals surface area contributed by atoms with Crippen LogP contribution in [0.15, 0.2) is 22.3 Å². The third-order valence-electron chi connectivity index (χ3n) is 4.80. The summed E-state index contributed by atoms with van der Waals surface area (Å²) in [6, 6.07) is 0. The Morgan fingerprint density at radius 3 is 0.938 bits per heavy atom. The van der Waals surface area contributed by atoms with Gasteiger partial charge in [0.15, 0.2) is 0 Å². The van der Waals surface area contributed by atoms with Crippen molar-refractivity contribution in [2.75, 3.05) is 14.2 Å². The average Bonchev–Trinajstić information content (AvgIpc) is 2.31. The molecule has 0 aromatic heterocycles. The maximum atomic E-state index is 5.71. The predicted octanol–water partition coefficient (Wildman–Crippen LogP) is 3.48. The zero-order valence-corrected chi connectivity index (χ0v) is 11.8. The molecule has 0 radical (unpaired) electrons. The summed E-state index contributed by atoms with van der Waals surface area (Å²) in [5.74, 6) is 0. The van der Waals surface area contributed by atoms with E-state index in [0.717, 1.165) is 0 Å². The van der Waals surface area contributed by atoms with Crippen LogP contribution in [0.2, 0.25) is 0 Å². The first-order chi connectivity index (χ1) is 7.25. The molecule has 2 nitrogen and oxygen atoms in total. The van der Waals surface area contributed by atoms with Gasteiger partial charge in [0, 0.05) is 14.2 Å². The summed E-state index contributed by atoms with van der Waals surface area (Å²) in [6.45, 7) is 12.8. The number of methoxy groups -OCH3 is 2. The SMILES string of the molecule is COC1(C)C(C)=C(C)C(C)(OC)C(C)=C1C. The molecule has 0 aromatic rings. The highest BCUT2D eigenvalue weighted by molar-refractivity contribution is 5.49. The highest BCUT2D eigenvalue weighted by Gasteiger charge is 2.43. The summed E-state index contributed by atoms with van der Waals surface area (Å²) in [5.41, 5.74) is 4.44. The molecule has 0 unspecified atom stereocenters. The van der Waals surface area contributed by atoms with Crippen molar-refractivity contribution in [3.8, 4) is 0 Å². The van der Waals surface area contributed by atoms with Gasteiger partial charge in [-0.2, -0.15) is 0 Å². The lowest BCUT2D eigenvalue weighted by Gasteiger charge is -2.45. The van der Waals surface area contributed by atoms with Gasteiger partial charge >= 0.3 is 0 Å². The van der Waals surface area contributed by atoms with Crippen LogP contribution < -0.4 is 0 Å². The monoisotopic (exact) mass is 224 g/mol. The molecule has 1 aliphatic rings. The zero-order valence-electron chi connectivity index (χ0n) is 11.8. The van der Waals surface area contributed by atoms with E-state index >= 15 is 0 Å². The second-order valence-corrected chi connectivity index (χ2v) is 4.97. The minimum absolute atomic E-state index is 0.286. The summed E-state index contributed by atoms with van der Waals surface area (Å²) in [5, 5.41) is 0. The van der Waals surface area contributed by atoms with E-state index in [1.165, 1.54) is 22.3 Å². The fraction of sp³-hybridized carbons (Fsp3) is 0.714. The Labute approximate surface area is 99.3 Å². The van der Waals surface area contributed by atoms with E-state index in [0.29, 0.717) is 0 Å². The van der Waals surface area contributed by atoms with Gasteiger partial charge in [0.1, 0.15) is 11.2 Å². The first-order valence-electron chi connectivity index (χ1n) is 5.72. The molecule has 0 spiro atoms. The fourth-order valence-electron chi connectivity index (χ4n) is 2.61. The Bertz CT molecular complexity index is 301. The molecule has 0 bridgehead atoms. The lowest BCUT2D eigenvalue weighted by Crippen LogP contribution is -2.44. The normalized spacial score (nSPS) is 36.0. The van der Waals surface area contributed by atoms with Crippen LogP contribution in [-0.2, 0) is 9.47 Å². The van der Waals surface area contributed by atoms with Gasteiger partial charge in [-0.1, -0.05) is 0 Å². The van der Waals surface area contributed by atoms with E-state index in [-0.39, 0.29) is 11.2 Å². The van der Waals surface area contributed by atoms with Gasteiger partial charge in [0.2, 0.25) is 0 Å². The van der Waals surface area contributed by atoms with Crippen LogP contribution in [0.1, 0.15) is 41.5 Å². The summed E-state index contributed by atoms with van der Waals surface area (Å²) in [4.78, 5) is 0. The van der Waals surface area contributed by atoms with Gasteiger partial charge in [-0.15, -0.1) is 0 Å². The Kier molecular flexibility index (Phi) is 3.37. The van der Waals surface area contributed by atoms with E-state index in [1.54, 1.807) is 14.2 Å². The van der Waals surface area contributed by atoms with Crippen molar-refractivity contribution in [2.24, 2.45) is 0 Å². The average molecular weight is 224 g/mol. The molecule has 0 fully saturated rings. The smallest absolute Gasteiger partial charge is 0.107 e. The molecule has 1 rings (SSSR count). The minimum atomic E-state index is -0.286. The van der Waals surface area contributed by atoms with E-state index < -0.39 is 0 Å². The van der Waals surface area contributed by atoms with Crippen LogP contribution in [0.3, 0.4) is 0 Å². The minimum Gasteiger partial charge on any atom is -0.370 e. The molecule has 0 saturated carbocycles. The number of hydrogen-bond acceptors (Lipinski definition) is 2. The Morgan fingerprint density at radius 1 is 0.625 bits per heavy atom. The number of rotatable bonds is 2. The lowest BCUT2D eigenvalue weighted by atomic mass is 9.70. The summed E-state index contributed by atoms with van der Waals surface area (Å²) >= 11 is 0. The Hall–Kier alpha value is -0.600. The lowest BCUT2D eigenvalue weighted by molar-refractivity contribution is 0.0307. The molecule has 0 N–H and O–H groups in total. The van der Waals surface area contributed by atoms with Crippen molar-refractivity contribution in [1.82, 2.24) is 0 Å². The molecular formula is C14H24O2. The van der Waals surface area contributed by atoms with Crippen molar-refractivity contribution < 1.29 is 9.47 Å². The molecule has 1 aliphatic carbocycles. The second kappa shape index (κ2) is 4.01. The predicted molar refractivity (Wildman–Crippen MR) is 67.6 cm³/mol. The van der Waals surface area contributed by atoms with Gasteiger partial charge in [-0.05, 0) is 63.8 Å². The first-order valence-corrected chi connectivity index (χ1v) is 5.72. The van der Waals surface area contributed by atoms with Gasteiger partial charge in [0.25, 0.3) is 0 Å². The molecular weight excluding hydrogens is 200 g/mol. The van der Waals surface area contributed by atoms with Crippen LogP contribution in [0, 0.1) is 0 Å². The third-order valence-corrected chi connectivity index (χ3v) is 4.80. The van der Waals surface area contributed by atoms with E-state index in [4.69, 9.17) is 9.47 Å². The Morgan fingerprint density at radius 2 is 0.812 bits per heavy atom. The molecule has 0 atom stereocenters. The summed E-state index contributed by atoms with van der Waals surface area (Å²) < 4.78 is 11.4. The topological polar surface area (TPSA) is 18.5 Å². The molecule has 0 aliphatic heterocycles. The molecule has 0 heterocycles. The highest BCUT2D eigenvalue weighted by atomic mass is 16.5. The summed E-state index contributed by atoms with van der Waals surface area (Å²) in [6.07, 6.45) is 0. The number of ether oxygens (including phenoxy) is 2. The van der Waals surface area contributed by atoms with Crippen molar-refractivity contribution in [1.29, 1.82) is 0 Å². The van der Waals surface area contributed by atoms with Gasteiger partial charge < -0.3 is 9.47 Å². The Balaban J connectivity index is 3.49. The maximum Gasteiger partial charge on any atom is 0.107 e. The van der Waals surface area contributed by atoms with Crippen LogP contribution >= 0.6 is 0 Å². The largest absolute Gasteiger partial charge is 0.370 e. The fourth-order valence-corrected chi connectivity index (χ4v) is 2.61. The molecule has 92 valence electrons.